The normalized spacial score (nSPS) is 13.1. The van der Waals surface area contributed by atoms with Crippen molar-refractivity contribution in [2.75, 3.05) is 43.6 Å². The molecule has 6 rings (SSSR count). The third-order valence-electron chi connectivity index (χ3n) is 6.66. The second-order valence-corrected chi connectivity index (χ2v) is 9.21. The molecule has 3 aromatic heterocycles. The van der Waals surface area contributed by atoms with Crippen LogP contribution in [0.5, 0.6) is 11.5 Å². The molecule has 0 unspecified atom stereocenters. The molecule has 1 amide bonds. The molecule has 0 atom stereocenters. The summed E-state index contributed by atoms with van der Waals surface area (Å²) in [6.07, 6.45) is 4.53. The van der Waals surface area contributed by atoms with Crippen LogP contribution in [0.25, 0.3) is 22.1 Å². The van der Waals surface area contributed by atoms with Crippen LogP contribution in [-0.4, -0.2) is 79.1 Å². The van der Waals surface area contributed by atoms with Gasteiger partial charge in [0.25, 0.3) is 0 Å². The van der Waals surface area contributed by atoms with Gasteiger partial charge < -0.3 is 19.9 Å². The van der Waals surface area contributed by atoms with E-state index in [1.54, 1.807) is 15.8 Å². The van der Waals surface area contributed by atoms with E-state index in [0.29, 0.717) is 61.9 Å². The van der Waals surface area contributed by atoms with E-state index in [2.05, 4.69) is 42.1 Å². The second kappa shape index (κ2) is 11.9. The molecule has 0 radical (unpaired) electrons. The van der Waals surface area contributed by atoms with Crippen molar-refractivity contribution in [1.29, 1.82) is 0 Å². The van der Waals surface area contributed by atoms with Crippen molar-refractivity contribution in [2.24, 2.45) is 7.05 Å². The molecule has 1 N–H and O–H groups in total. The number of hydrogen-bond donors (Lipinski definition) is 1. The first-order chi connectivity index (χ1) is 20.0. The van der Waals surface area contributed by atoms with Crippen molar-refractivity contribution in [3.63, 3.8) is 0 Å². The summed E-state index contributed by atoms with van der Waals surface area (Å²) in [5.74, 6) is 2.51. The Morgan fingerprint density at radius 2 is 1.85 bits per heavy atom. The number of rotatable bonds is 6. The van der Waals surface area contributed by atoms with E-state index >= 15 is 0 Å². The fraction of sp³-hybridized carbons (Fsp3) is 0.250. The molecule has 0 saturated carbocycles. The highest BCUT2D eigenvalue weighted by Crippen LogP contribution is 2.31. The number of carbonyl (C=O) groups is 1. The molecule has 1 fully saturated rings. The van der Waals surface area contributed by atoms with Gasteiger partial charge >= 0.3 is 0 Å². The zero-order valence-corrected chi connectivity index (χ0v) is 23.0. The number of hydrogen-bond acceptors (Lipinski definition) is 10. The molecule has 0 bridgehead atoms. The molecule has 4 heterocycles. The Morgan fingerprint density at radius 1 is 1.05 bits per heavy atom. The Kier molecular flexibility index (Phi) is 7.94. The smallest absolute Gasteiger partial charge is 0.246 e. The van der Waals surface area contributed by atoms with E-state index < -0.39 is 0 Å². The minimum absolute atomic E-state index is 0.0627. The molecule has 13 heteroatoms. The van der Waals surface area contributed by atoms with E-state index in [9.17, 15) is 9.18 Å². The van der Waals surface area contributed by atoms with Gasteiger partial charge in [-0.15, -0.1) is 5.10 Å². The molecule has 210 valence electrons. The minimum atomic E-state index is -0.0627. The van der Waals surface area contributed by atoms with Crippen LogP contribution in [0.2, 0.25) is 0 Å². The van der Waals surface area contributed by atoms with Crippen LogP contribution < -0.4 is 15.0 Å². The molecule has 2 aromatic carbocycles. The molecular weight excluding hydrogens is 527 g/mol. The lowest BCUT2D eigenvalue weighted by molar-refractivity contribution is -0.126. The number of nitrogens with one attached hydrogen (secondary N) is 1. The van der Waals surface area contributed by atoms with Crippen molar-refractivity contribution in [3.8, 4) is 11.5 Å². The number of halogens is 1. The maximum absolute atomic E-state index is 11.9. The quantitative estimate of drug-likeness (QED) is 0.307. The van der Waals surface area contributed by atoms with E-state index in [4.69, 9.17) is 9.72 Å². The largest absolute Gasteiger partial charge is 0.457 e. The minimum Gasteiger partial charge on any atom is -0.457 e. The Balaban J connectivity index is 0.00000165. The van der Waals surface area contributed by atoms with Gasteiger partial charge in [0.2, 0.25) is 11.9 Å². The van der Waals surface area contributed by atoms with Crippen molar-refractivity contribution < 1.29 is 13.9 Å². The van der Waals surface area contributed by atoms with E-state index in [1.807, 2.05) is 50.4 Å². The Morgan fingerprint density at radius 3 is 2.61 bits per heavy atom. The number of nitrogens with zero attached hydrogens (tertiary/aromatic N) is 9. The average Bonchev–Trinajstić information content (AvgIpc) is 3.38. The molecule has 1 saturated heterocycles. The van der Waals surface area contributed by atoms with Gasteiger partial charge in [0, 0.05) is 45.0 Å². The first-order valence-electron chi connectivity index (χ1n) is 12.9. The summed E-state index contributed by atoms with van der Waals surface area (Å²) in [5.41, 5.74) is 4.73. The van der Waals surface area contributed by atoms with Crippen molar-refractivity contribution in [2.45, 2.75) is 6.92 Å². The molecule has 12 nitrogen and oxygen atoms in total. The summed E-state index contributed by atoms with van der Waals surface area (Å²) >= 11 is 0. The van der Waals surface area contributed by atoms with Gasteiger partial charge in [-0.05, 0) is 48.9 Å². The van der Waals surface area contributed by atoms with E-state index in [1.165, 1.54) is 12.4 Å². The number of aromatic nitrogens is 7. The summed E-state index contributed by atoms with van der Waals surface area (Å²) < 4.78 is 17.4. The van der Waals surface area contributed by atoms with E-state index in [0.717, 1.165) is 28.0 Å². The summed E-state index contributed by atoms with van der Waals surface area (Å²) in [4.78, 5) is 33.8. The van der Waals surface area contributed by atoms with Crippen molar-refractivity contribution >= 4 is 45.4 Å². The predicted octanol–water partition coefficient (Wildman–Crippen LogP) is 3.97. The Hall–Kier alpha value is -5.20. The topological polar surface area (TPSA) is 127 Å². The first kappa shape index (κ1) is 27.4. The van der Waals surface area contributed by atoms with Crippen LogP contribution in [-0.2, 0) is 11.8 Å². The molecule has 1 aliphatic heterocycles. The van der Waals surface area contributed by atoms with E-state index in [-0.39, 0.29) is 5.91 Å². The number of anilines is 3. The fourth-order valence-electron chi connectivity index (χ4n) is 4.53. The Labute approximate surface area is 235 Å². The number of carbonyl (C=O) groups excluding carboxylic acids is 1. The van der Waals surface area contributed by atoms with Crippen molar-refractivity contribution in [3.05, 3.63) is 67.1 Å². The van der Waals surface area contributed by atoms with Crippen LogP contribution in [0.1, 0.15) is 5.56 Å². The SMILES string of the molecule is C=CC(=O)N1CCN(c2ncc3ncnc(Nc4ccc(Oc5ccc6c(c5)nnn6C)c(C)c4)c3n2)CC1.CF. The van der Waals surface area contributed by atoms with Crippen LogP contribution in [0.4, 0.5) is 21.8 Å². The number of piperazine rings is 1. The number of ether oxygens (including phenoxy) is 1. The highest BCUT2D eigenvalue weighted by Gasteiger charge is 2.22. The monoisotopic (exact) mass is 556 g/mol. The zero-order valence-electron chi connectivity index (χ0n) is 23.0. The molecular formula is C28H29FN10O2. The van der Waals surface area contributed by atoms with Crippen LogP contribution in [0.15, 0.2) is 61.6 Å². The molecule has 41 heavy (non-hydrogen) atoms. The van der Waals surface area contributed by atoms with Gasteiger partial charge in [0.1, 0.15) is 34.4 Å². The van der Waals surface area contributed by atoms with Crippen LogP contribution >= 0.6 is 0 Å². The first-order valence-corrected chi connectivity index (χ1v) is 12.9. The Bertz CT molecular complexity index is 1720. The molecule has 0 spiro atoms. The summed E-state index contributed by atoms with van der Waals surface area (Å²) in [7, 11) is 2.36. The van der Waals surface area contributed by atoms with Gasteiger partial charge in [0.15, 0.2) is 5.82 Å². The molecule has 5 aromatic rings. The lowest BCUT2D eigenvalue weighted by atomic mass is 10.2. The molecule has 1 aliphatic rings. The predicted molar refractivity (Wildman–Crippen MR) is 154 cm³/mol. The van der Waals surface area contributed by atoms with Gasteiger partial charge in [0.05, 0.1) is 18.9 Å². The molecule has 0 aliphatic carbocycles. The maximum atomic E-state index is 11.9. The number of benzene rings is 2. The van der Waals surface area contributed by atoms with Gasteiger partial charge in [-0.3, -0.25) is 9.18 Å². The fourth-order valence-corrected chi connectivity index (χ4v) is 4.53. The van der Waals surface area contributed by atoms with Crippen LogP contribution in [0, 0.1) is 6.92 Å². The highest BCUT2D eigenvalue weighted by atomic mass is 19.1. The average molecular weight is 557 g/mol. The van der Waals surface area contributed by atoms with Gasteiger partial charge in [-0.1, -0.05) is 11.8 Å². The summed E-state index contributed by atoms with van der Waals surface area (Å²) in [6, 6.07) is 11.5. The maximum Gasteiger partial charge on any atom is 0.246 e. The third-order valence-corrected chi connectivity index (χ3v) is 6.66. The number of aryl methyl sites for hydroxylation is 2. The third kappa shape index (κ3) is 5.73. The van der Waals surface area contributed by atoms with Crippen molar-refractivity contribution in [1.82, 2.24) is 39.8 Å². The number of alkyl halides is 1. The lowest BCUT2D eigenvalue weighted by Crippen LogP contribution is -2.48. The summed E-state index contributed by atoms with van der Waals surface area (Å²) in [6.45, 7) is 7.99. The zero-order chi connectivity index (χ0) is 28.9. The second-order valence-electron chi connectivity index (χ2n) is 9.21. The standard InChI is InChI=1S/C27H26N10O2.CH3F/c1-4-24(38)36-9-11-37(12-10-36)27-28-15-21-25(32-27)26(30-16-29-21)31-18-5-8-23(17(2)13-18)39-19-6-7-22-20(14-19)33-34-35(22)3;1-2/h4-8,13-16H,1,9-12H2,2-3H3,(H,29,30,31);1H3. The van der Waals surface area contributed by atoms with Crippen LogP contribution in [0.3, 0.4) is 0 Å². The van der Waals surface area contributed by atoms with Gasteiger partial charge in [-0.2, -0.15) is 0 Å². The highest BCUT2D eigenvalue weighted by molar-refractivity contribution is 5.88. The summed E-state index contributed by atoms with van der Waals surface area (Å²) in [5, 5.41) is 11.6. The lowest BCUT2D eigenvalue weighted by Gasteiger charge is -2.34. The number of amides is 1. The number of fused-ring (bicyclic) bond motifs is 2. The van der Waals surface area contributed by atoms with Gasteiger partial charge in [-0.25, -0.2) is 24.6 Å².